The van der Waals surface area contributed by atoms with Gasteiger partial charge in [-0.2, -0.15) is 0 Å². The zero-order valence-corrected chi connectivity index (χ0v) is 13.8. The van der Waals surface area contributed by atoms with Crippen LogP contribution in [0.5, 0.6) is 5.75 Å². The molecule has 0 unspecified atom stereocenters. The lowest BCUT2D eigenvalue weighted by Gasteiger charge is -2.05. The summed E-state index contributed by atoms with van der Waals surface area (Å²) >= 11 is 0. The number of ether oxygens (including phenoxy) is 1. The molecule has 130 valence electrons. The number of benzene rings is 3. The summed E-state index contributed by atoms with van der Waals surface area (Å²) < 4.78 is 18.8. The maximum absolute atomic E-state index is 13.9. The molecule has 26 heavy (non-hydrogen) atoms. The molecule has 3 aromatic carbocycles. The molecule has 0 saturated carbocycles. The predicted molar refractivity (Wildman–Crippen MR) is 98.7 cm³/mol. The standard InChI is InChI=1S/C21H16FNO3/c22-19-12-18(9-10-20(19)26-14-21(24)25)23-13-15-5-4-8-17(11-15)16-6-2-1-3-7-16/h1-13H,14H2,(H,24,25). The number of hydrogen-bond donors (Lipinski definition) is 1. The lowest BCUT2D eigenvalue weighted by Crippen LogP contribution is -2.10. The van der Waals surface area contributed by atoms with E-state index >= 15 is 0 Å². The van der Waals surface area contributed by atoms with Crippen molar-refractivity contribution in [1.29, 1.82) is 0 Å². The van der Waals surface area contributed by atoms with Crippen LogP contribution >= 0.6 is 0 Å². The average Bonchev–Trinajstić information content (AvgIpc) is 2.66. The van der Waals surface area contributed by atoms with Crippen LogP contribution in [0.3, 0.4) is 0 Å². The van der Waals surface area contributed by atoms with E-state index in [4.69, 9.17) is 9.84 Å². The number of nitrogens with zero attached hydrogens (tertiary/aromatic N) is 1. The Morgan fingerprint density at radius 1 is 1.00 bits per heavy atom. The van der Waals surface area contributed by atoms with E-state index in [0.29, 0.717) is 5.69 Å². The van der Waals surface area contributed by atoms with Gasteiger partial charge in [0, 0.05) is 12.3 Å². The highest BCUT2D eigenvalue weighted by molar-refractivity contribution is 5.84. The normalized spacial score (nSPS) is 10.8. The number of carboxylic acids is 1. The maximum Gasteiger partial charge on any atom is 0.341 e. The molecule has 0 aliphatic heterocycles. The van der Waals surface area contributed by atoms with Crippen LogP contribution in [0.25, 0.3) is 11.1 Å². The molecular formula is C21H16FNO3. The lowest BCUT2D eigenvalue weighted by atomic mass is 10.0. The maximum atomic E-state index is 13.9. The lowest BCUT2D eigenvalue weighted by molar-refractivity contribution is -0.139. The van der Waals surface area contributed by atoms with Gasteiger partial charge in [-0.25, -0.2) is 9.18 Å². The predicted octanol–water partition coefficient (Wildman–Crippen LogP) is 4.71. The van der Waals surface area contributed by atoms with Crippen LogP contribution in [0.15, 0.2) is 77.8 Å². The summed E-state index contributed by atoms with van der Waals surface area (Å²) in [6.07, 6.45) is 1.65. The summed E-state index contributed by atoms with van der Waals surface area (Å²) in [5.74, 6) is -1.93. The molecule has 0 radical (unpaired) electrons. The van der Waals surface area contributed by atoms with E-state index in [0.717, 1.165) is 16.7 Å². The van der Waals surface area contributed by atoms with Gasteiger partial charge in [-0.15, -0.1) is 0 Å². The summed E-state index contributed by atoms with van der Waals surface area (Å²) in [5, 5.41) is 8.56. The molecule has 3 aromatic rings. The molecule has 5 heteroatoms. The Balaban J connectivity index is 1.76. The van der Waals surface area contributed by atoms with Gasteiger partial charge in [-0.05, 0) is 34.9 Å². The van der Waals surface area contributed by atoms with Crippen molar-refractivity contribution >= 4 is 17.9 Å². The fourth-order valence-corrected chi connectivity index (χ4v) is 2.40. The number of aliphatic imine (C=N–C) groups is 1. The van der Waals surface area contributed by atoms with Crippen LogP contribution in [-0.2, 0) is 4.79 Å². The number of rotatable bonds is 6. The Morgan fingerprint density at radius 2 is 1.77 bits per heavy atom. The molecular weight excluding hydrogens is 333 g/mol. The third-order valence-corrected chi connectivity index (χ3v) is 3.62. The van der Waals surface area contributed by atoms with Crippen molar-refractivity contribution in [3.05, 3.63) is 84.2 Å². The van der Waals surface area contributed by atoms with Gasteiger partial charge in [-0.3, -0.25) is 4.99 Å². The molecule has 0 bridgehead atoms. The topological polar surface area (TPSA) is 58.9 Å². The fourth-order valence-electron chi connectivity index (χ4n) is 2.40. The third kappa shape index (κ3) is 4.54. The summed E-state index contributed by atoms with van der Waals surface area (Å²) in [4.78, 5) is 14.7. The highest BCUT2D eigenvalue weighted by Gasteiger charge is 2.06. The Kier molecular flexibility index (Phi) is 5.39. The van der Waals surface area contributed by atoms with Gasteiger partial charge >= 0.3 is 5.97 Å². The fraction of sp³-hybridized carbons (Fsp3) is 0.0476. The molecule has 0 saturated heterocycles. The second-order valence-electron chi connectivity index (χ2n) is 5.55. The first-order chi connectivity index (χ1) is 12.6. The van der Waals surface area contributed by atoms with Crippen molar-refractivity contribution in [1.82, 2.24) is 0 Å². The molecule has 0 aliphatic rings. The molecule has 0 amide bonds. The van der Waals surface area contributed by atoms with E-state index in [1.54, 1.807) is 12.3 Å². The van der Waals surface area contributed by atoms with Gasteiger partial charge in [0.25, 0.3) is 0 Å². The summed E-state index contributed by atoms with van der Waals surface area (Å²) in [5.41, 5.74) is 3.47. The molecule has 1 N–H and O–H groups in total. The van der Waals surface area contributed by atoms with Crippen molar-refractivity contribution in [2.24, 2.45) is 4.99 Å². The van der Waals surface area contributed by atoms with Gasteiger partial charge in [0.2, 0.25) is 0 Å². The molecule has 0 atom stereocenters. The quantitative estimate of drug-likeness (QED) is 0.656. The molecule has 0 heterocycles. The number of carboxylic acid groups (broad SMARTS) is 1. The number of halogens is 1. The second kappa shape index (κ2) is 8.07. The minimum atomic E-state index is -1.16. The number of hydrogen-bond acceptors (Lipinski definition) is 3. The zero-order chi connectivity index (χ0) is 18.4. The Bertz CT molecular complexity index is 939. The summed E-state index contributed by atoms with van der Waals surface area (Å²) in [6, 6.07) is 22.0. The van der Waals surface area contributed by atoms with Crippen LogP contribution < -0.4 is 4.74 Å². The Labute approximate surface area is 150 Å². The SMILES string of the molecule is O=C(O)COc1ccc(N=Cc2cccc(-c3ccccc3)c2)cc1F. The largest absolute Gasteiger partial charge is 0.479 e. The monoisotopic (exact) mass is 349 g/mol. The van der Waals surface area contributed by atoms with Crippen molar-refractivity contribution in [3.63, 3.8) is 0 Å². The molecule has 0 aromatic heterocycles. The van der Waals surface area contributed by atoms with E-state index in [2.05, 4.69) is 4.99 Å². The minimum absolute atomic E-state index is 0.113. The van der Waals surface area contributed by atoms with Gasteiger partial charge < -0.3 is 9.84 Å². The third-order valence-electron chi connectivity index (χ3n) is 3.62. The highest BCUT2D eigenvalue weighted by atomic mass is 19.1. The van der Waals surface area contributed by atoms with Gasteiger partial charge in [0.15, 0.2) is 18.2 Å². The summed E-state index contributed by atoms with van der Waals surface area (Å²) in [7, 11) is 0. The van der Waals surface area contributed by atoms with E-state index in [-0.39, 0.29) is 5.75 Å². The van der Waals surface area contributed by atoms with Gasteiger partial charge in [0.1, 0.15) is 0 Å². The zero-order valence-electron chi connectivity index (χ0n) is 13.8. The van der Waals surface area contributed by atoms with Crippen molar-refractivity contribution in [3.8, 4) is 16.9 Å². The van der Waals surface area contributed by atoms with Crippen LogP contribution in [0.4, 0.5) is 10.1 Å². The Morgan fingerprint density at radius 3 is 2.50 bits per heavy atom. The van der Waals surface area contributed by atoms with E-state index in [9.17, 15) is 9.18 Å². The number of aliphatic carboxylic acids is 1. The van der Waals surface area contributed by atoms with Gasteiger partial charge in [0.05, 0.1) is 5.69 Å². The molecule has 4 nitrogen and oxygen atoms in total. The first kappa shape index (κ1) is 17.4. The van der Waals surface area contributed by atoms with Crippen molar-refractivity contribution in [2.75, 3.05) is 6.61 Å². The van der Waals surface area contributed by atoms with Crippen LogP contribution in [-0.4, -0.2) is 23.9 Å². The average molecular weight is 349 g/mol. The highest BCUT2D eigenvalue weighted by Crippen LogP contribution is 2.24. The molecule has 3 rings (SSSR count). The minimum Gasteiger partial charge on any atom is -0.479 e. The van der Waals surface area contributed by atoms with E-state index in [1.165, 1.54) is 12.1 Å². The van der Waals surface area contributed by atoms with E-state index < -0.39 is 18.4 Å². The van der Waals surface area contributed by atoms with E-state index in [1.807, 2.05) is 54.6 Å². The van der Waals surface area contributed by atoms with Gasteiger partial charge in [-0.1, -0.05) is 48.5 Å². The van der Waals surface area contributed by atoms with Crippen LogP contribution in [0.2, 0.25) is 0 Å². The van der Waals surface area contributed by atoms with Crippen LogP contribution in [0.1, 0.15) is 5.56 Å². The summed E-state index contributed by atoms with van der Waals surface area (Å²) in [6.45, 7) is -0.591. The first-order valence-corrected chi connectivity index (χ1v) is 7.95. The molecule has 0 spiro atoms. The first-order valence-electron chi connectivity index (χ1n) is 7.95. The van der Waals surface area contributed by atoms with Crippen molar-refractivity contribution in [2.45, 2.75) is 0 Å². The molecule has 0 fully saturated rings. The smallest absolute Gasteiger partial charge is 0.341 e. The van der Waals surface area contributed by atoms with Crippen LogP contribution in [0, 0.1) is 5.82 Å². The van der Waals surface area contributed by atoms with Crippen molar-refractivity contribution < 1.29 is 19.0 Å². The molecule has 0 aliphatic carbocycles. The number of carbonyl (C=O) groups is 1. The second-order valence-corrected chi connectivity index (χ2v) is 5.55. The Hall–Kier alpha value is -3.47.